The summed E-state index contributed by atoms with van der Waals surface area (Å²) < 4.78 is 17.7. The number of allylic oxidation sites excluding steroid dienone is 1. The summed E-state index contributed by atoms with van der Waals surface area (Å²) in [5.41, 5.74) is -0.174. The molecule has 0 aromatic heterocycles. The van der Waals surface area contributed by atoms with Gasteiger partial charge in [0, 0.05) is 44.4 Å². The van der Waals surface area contributed by atoms with E-state index in [4.69, 9.17) is 14.2 Å². The molecule has 0 radical (unpaired) electrons. The number of fused-ring (bicyclic) bond motifs is 3. The van der Waals surface area contributed by atoms with Crippen molar-refractivity contribution in [1.29, 1.82) is 0 Å². The van der Waals surface area contributed by atoms with Crippen LogP contribution >= 0.6 is 0 Å². The summed E-state index contributed by atoms with van der Waals surface area (Å²) in [6, 6.07) is 0. The van der Waals surface area contributed by atoms with Gasteiger partial charge in [-0.3, -0.25) is 19.2 Å². The molecule has 4 unspecified atom stereocenters. The van der Waals surface area contributed by atoms with Gasteiger partial charge >= 0.3 is 17.9 Å². The minimum atomic E-state index is -1.02. The molecule has 0 heterocycles. The molecular weight excluding hydrogens is 440 g/mol. The molecule has 8 nitrogen and oxygen atoms in total. The first-order chi connectivity index (χ1) is 15.6. The molecule has 0 aromatic rings. The Morgan fingerprint density at radius 1 is 1.00 bits per heavy atom. The van der Waals surface area contributed by atoms with E-state index < -0.39 is 65.0 Å². The number of hydrogen-bond acceptors (Lipinski definition) is 8. The van der Waals surface area contributed by atoms with Crippen LogP contribution in [0.4, 0.5) is 0 Å². The van der Waals surface area contributed by atoms with Gasteiger partial charge in [-0.05, 0) is 41.9 Å². The average Bonchev–Trinajstić information content (AvgIpc) is 2.69. The zero-order valence-corrected chi connectivity index (χ0v) is 21.1. The second-order valence-corrected chi connectivity index (χ2v) is 10.7. The van der Waals surface area contributed by atoms with E-state index in [1.54, 1.807) is 6.92 Å². The Morgan fingerprint density at radius 2 is 1.56 bits per heavy atom. The van der Waals surface area contributed by atoms with Crippen molar-refractivity contribution in [2.75, 3.05) is 0 Å². The maximum absolute atomic E-state index is 13.2. The van der Waals surface area contributed by atoms with E-state index in [1.807, 2.05) is 20.8 Å². The lowest BCUT2D eigenvalue weighted by Crippen LogP contribution is -2.63. The lowest BCUT2D eigenvalue weighted by atomic mass is 9.49. The third-order valence-corrected chi connectivity index (χ3v) is 8.17. The van der Waals surface area contributed by atoms with E-state index in [1.165, 1.54) is 20.8 Å². The quantitative estimate of drug-likeness (QED) is 0.375. The maximum Gasteiger partial charge on any atom is 0.303 e. The molecule has 3 aliphatic rings. The molecule has 8 heteroatoms. The standard InChI is InChI=1S/C26H36O8/c1-12-18(30)9-10-26(8)21(12)22(32-14(3)27)17-11-19(31)13(2)20(25(17,6)7)23(33-15(4)28)24(26)34-16(5)29/h17-18,21-24,30H,1,9-11H2,2-8H3/t17-,18?,21?,22?,23+,24?,26+/m0/s1. The van der Waals surface area contributed by atoms with Crippen LogP contribution in [-0.2, 0) is 33.4 Å². The Kier molecular flexibility index (Phi) is 6.88. The van der Waals surface area contributed by atoms with Gasteiger partial charge in [-0.2, -0.15) is 0 Å². The molecule has 0 amide bonds. The predicted molar refractivity (Wildman–Crippen MR) is 122 cm³/mol. The van der Waals surface area contributed by atoms with Crippen molar-refractivity contribution in [3.05, 3.63) is 23.3 Å². The fourth-order valence-corrected chi connectivity index (χ4v) is 6.62. The van der Waals surface area contributed by atoms with Crippen LogP contribution in [-0.4, -0.2) is 53.2 Å². The summed E-state index contributed by atoms with van der Waals surface area (Å²) in [5, 5.41) is 10.8. The number of aliphatic hydroxyl groups is 1. The molecule has 188 valence electrons. The zero-order valence-electron chi connectivity index (χ0n) is 21.1. The highest BCUT2D eigenvalue weighted by atomic mass is 16.6. The van der Waals surface area contributed by atoms with Crippen molar-refractivity contribution in [3.8, 4) is 0 Å². The van der Waals surface area contributed by atoms with Crippen LogP contribution in [0.2, 0.25) is 0 Å². The lowest BCUT2D eigenvalue weighted by Gasteiger charge is -2.59. The Morgan fingerprint density at radius 3 is 2.09 bits per heavy atom. The molecule has 2 fully saturated rings. The fourth-order valence-electron chi connectivity index (χ4n) is 6.62. The highest BCUT2D eigenvalue weighted by Gasteiger charge is 2.63. The SMILES string of the molecule is C=C1C(O)CC[C@]2(C)C1C(OC(C)=O)[C@@H]1CC(=O)C(C)=C([C@@H](OC(C)=O)C2OC(C)=O)C1(C)C. The van der Waals surface area contributed by atoms with Gasteiger partial charge in [0.25, 0.3) is 0 Å². The number of aliphatic hydroxyl groups excluding tert-OH is 1. The molecule has 0 saturated heterocycles. The molecule has 2 bridgehead atoms. The van der Waals surface area contributed by atoms with Gasteiger partial charge in [0.15, 0.2) is 11.9 Å². The molecule has 2 saturated carbocycles. The van der Waals surface area contributed by atoms with Crippen LogP contribution in [0.3, 0.4) is 0 Å². The van der Waals surface area contributed by atoms with Crippen LogP contribution < -0.4 is 0 Å². The molecule has 1 N–H and O–H groups in total. The van der Waals surface area contributed by atoms with Gasteiger partial charge in [-0.1, -0.05) is 27.4 Å². The smallest absolute Gasteiger partial charge is 0.303 e. The third-order valence-electron chi connectivity index (χ3n) is 8.17. The first-order valence-corrected chi connectivity index (χ1v) is 11.8. The molecule has 0 aliphatic heterocycles. The molecule has 0 spiro atoms. The van der Waals surface area contributed by atoms with E-state index >= 15 is 0 Å². The number of carbonyl (C=O) groups is 4. The summed E-state index contributed by atoms with van der Waals surface area (Å²) in [6.07, 6.45) is -2.77. The first kappa shape index (κ1) is 26.1. The van der Waals surface area contributed by atoms with Gasteiger partial charge in [-0.15, -0.1) is 0 Å². The topological polar surface area (TPSA) is 116 Å². The second kappa shape index (κ2) is 8.95. The third kappa shape index (κ3) is 4.21. The van der Waals surface area contributed by atoms with Crippen LogP contribution in [0.1, 0.15) is 67.7 Å². The van der Waals surface area contributed by atoms with Crippen molar-refractivity contribution >= 4 is 23.7 Å². The van der Waals surface area contributed by atoms with Gasteiger partial charge in [-0.25, -0.2) is 0 Å². The van der Waals surface area contributed by atoms with E-state index in [0.717, 1.165) is 0 Å². The van der Waals surface area contributed by atoms with E-state index in [2.05, 4.69) is 6.58 Å². The van der Waals surface area contributed by atoms with Crippen LogP contribution in [0.25, 0.3) is 0 Å². The highest BCUT2D eigenvalue weighted by Crippen LogP contribution is 2.60. The van der Waals surface area contributed by atoms with Crippen LogP contribution in [0.5, 0.6) is 0 Å². The second-order valence-electron chi connectivity index (χ2n) is 10.7. The van der Waals surface area contributed by atoms with Crippen LogP contribution in [0, 0.1) is 22.7 Å². The molecule has 3 rings (SSSR count). The van der Waals surface area contributed by atoms with Gasteiger partial charge < -0.3 is 19.3 Å². The van der Waals surface area contributed by atoms with Crippen molar-refractivity contribution in [2.24, 2.45) is 22.7 Å². The van der Waals surface area contributed by atoms with E-state index in [0.29, 0.717) is 29.6 Å². The maximum atomic E-state index is 13.2. The summed E-state index contributed by atoms with van der Waals surface area (Å²) >= 11 is 0. The van der Waals surface area contributed by atoms with Crippen molar-refractivity contribution in [1.82, 2.24) is 0 Å². The first-order valence-electron chi connectivity index (χ1n) is 11.8. The van der Waals surface area contributed by atoms with Crippen molar-refractivity contribution < 1.29 is 38.5 Å². The Labute approximate surface area is 200 Å². The number of ketones is 1. The summed E-state index contributed by atoms with van der Waals surface area (Å²) in [4.78, 5) is 50.2. The van der Waals surface area contributed by atoms with Gasteiger partial charge in [0.05, 0.1) is 6.10 Å². The van der Waals surface area contributed by atoms with E-state index in [9.17, 15) is 24.3 Å². The van der Waals surface area contributed by atoms with Crippen molar-refractivity contribution in [3.63, 3.8) is 0 Å². The molecule has 34 heavy (non-hydrogen) atoms. The number of ether oxygens (including phenoxy) is 3. The Balaban J connectivity index is 2.41. The molecule has 0 aromatic carbocycles. The number of esters is 3. The Hall–Kier alpha value is -2.48. The lowest BCUT2D eigenvalue weighted by molar-refractivity contribution is -0.201. The Bertz CT molecular complexity index is 960. The van der Waals surface area contributed by atoms with E-state index in [-0.39, 0.29) is 12.2 Å². The molecule has 3 aliphatic carbocycles. The fraction of sp³-hybridized carbons (Fsp3) is 0.692. The zero-order chi connectivity index (χ0) is 25.7. The van der Waals surface area contributed by atoms with Crippen molar-refractivity contribution in [2.45, 2.75) is 92.1 Å². The number of hydrogen-bond donors (Lipinski definition) is 1. The predicted octanol–water partition coefficient (Wildman–Crippen LogP) is 3.06. The van der Waals surface area contributed by atoms with Gasteiger partial charge in [0.2, 0.25) is 0 Å². The summed E-state index contributed by atoms with van der Waals surface area (Å²) in [7, 11) is 0. The number of carbonyl (C=O) groups excluding carboxylic acids is 4. The summed E-state index contributed by atoms with van der Waals surface area (Å²) in [6.45, 7) is 15.4. The van der Waals surface area contributed by atoms with Gasteiger partial charge in [0.1, 0.15) is 12.2 Å². The minimum absolute atomic E-state index is 0.126. The normalized spacial score (nSPS) is 37.2. The highest BCUT2D eigenvalue weighted by molar-refractivity contribution is 5.97. The molecule has 7 atom stereocenters. The largest absolute Gasteiger partial charge is 0.462 e. The minimum Gasteiger partial charge on any atom is -0.462 e. The van der Waals surface area contributed by atoms with Crippen LogP contribution in [0.15, 0.2) is 23.3 Å². The summed E-state index contributed by atoms with van der Waals surface area (Å²) in [5.74, 6) is -2.92. The number of Topliss-reactive ketones (excluding diaryl/α,β-unsaturated/α-hetero) is 1. The number of rotatable bonds is 3. The monoisotopic (exact) mass is 476 g/mol. The average molecular weight is 477 g/mol. The molecular formula is C26H36O8.